The Morgan fingerprint density at radius 1 is 1.40 bits per heavy atom. The molecule has 0 spiro atoms. The van der Waals surface area contributed by atoms with E-state index in [1.165, 1.54) is 24.8 Å². The number of hydrogen-bond acceptors (Lipinski definition) is 3. The number of hydrogen-bond donors (Lipinski definition) is 1. The van der Waals surface area contributed by atoms with Gasteiger partial charge in [-0.3, -0.25) is 0 Å². The number of ether oxygens (including phenoxy) is 1. The van der Waals surface area contributed by atoms with Crippen LogP contribution in [0, 0.1) is 0 Å². The molecular weight excluding hydrogens is 248 g/mol. The fourth-order valence-corrected chi connectivity index (χ4v) is 2.69. The molecule has 0 fully saturated rings. The van der Waals surface area contributed by atoms with Crippen LogP contribution in [0.3, 0.4) is 0 Å². The van der Waals surface area contributed by atoms with Crippen molar-refractivity contribution in [1.82, 2.24) is 10.2 Å². The summed E-state index contributed by atoms with van der Waals surface area (Å²) < 4.78 is 5.33. The van der Waals surface area contributed by atoms with Gasteiger partial charge in [-0.2, -0.15) is 0 Å². The van der Waals surface area contributed by atoms with Crippen molar-refractivity contribution >= 4 is 0 Å². The van der Waals surface area contributed by atoms with E-state index in [0.717, 1.165) is 12.3 Å². The van der Waals surface area contributed by atoms with E-state index in [-0.39, 0.29) is 0 Å². The van der Waals surface area contributed by atoms with Gasteiger partial charge in [0.1, 0.15) is 5.75 Å². The van der Waals surface area contributed by atoms with E-state index in [1.54, 1.807) is 7.11 Å². The Balaban J connectivity index is 2.02. The Labute approximate surface area is 122 Å². The van der Waals surface area contributed by atoms with Crippen LogP contribution in [0.2, 0.25) is 0 Å². The lowest BCUT2D eigenvalue weighted by Crippen LogP contribution is -2.36. The number of likely N-dealkylation sites (N-methyl/N-ethyl adjacent to an activating group) is 1. The Hall–Kier alpha value is -1.32. The molecular formula is C17H26N2O. The Bertz CT molecular complexity index is 442. The van der Waals surface area contributed by atoms with E-state index in [9.17, 15) is 0 Å². The summed E-state index contributed by atoms with van der Waals surface area (Å²) in [5.74, 6) is 0.923. The van der Waals surface area contributed by atoms with Gasteiger partial charge in [0.25, 0.3) is 0 Å². The van der Waals surface area contributed by atoms with Gasteiger partial charge in [0, 0.05) is 18.6 Å². The van der Waals surface area contributed by atoms with E-state index in [0.29, 0.717) is 12.1 Å². The predicted octanol–water partition coefficient (Wildman–Crippen LogP) is 3.00. The number of nitrogens with one attached hydrogen (secondary N) is 1. The molecule has 0 radical (unpaired) electrons. The zero-order valence-corrected chi connectivity index (χ0v) is 12.8. The van der Waals surface area contributed by atoms with Crippen LogP contribution in [0.4, 0.5) is 0 Å². The zero-order valence-electron chi connectivity index (χ0n) is 12.8. The molecule has 0 bridgehead atoms. The SMILES string of the molecule is COc1cccc(C(CNC2C=CCCC2)N(C)C)c1. The highest BCUT2D eigenvalue weighted by molar-refractivity contribution is 5.30. The summed E-state index contributed by atoms with van der Waals surface area (Å²) in [4.78, 5) is 2.26. The molecule has 1 aromatic carbocycles. The van der Waals surface area contributed by atoms with Gasteiger partial charge >= 0.3 is 0 Å². The summed E-state index contributed by atoms with van der Waals surface area (Å²) in [7, 11) is 5.97. The van der Waals surface area contributed by atoms with Gasteiger partial charge in [-0.05, 0) is 51.1 Å². The Kier molecular flexibility index (Phi) is 5.62. The lowest BCUT2D eigenvalue weighted by atomic mass is 10.0. The molecule has 1 aliphatic carbocycles. The topological polar surface area (TPSA) is 24.5 Å². The minimum absolute atomic E-state index is 0.362. The number of methoxy groups -OCH3 is 1. The van der Waals surface area contributed by atoms with E-state index >= 15 is 0 Å². The maximum atomic E-state index is 5.33. The molecule has 1 N–H and O–H groups in total. The molecule has 3 nitrogen and oxygen atoms in total. The zero-order chi connectivity index (χ0) is 14.4. The highest BCUT2D eigenvalue weighted by Gasteiger charge is 2.16. The second-order valence-electron chi connectivity index (χ2n) is 5.63. The lowest BCUT2D eigenvalue weighted by molar-refractivity contribution is 0.280. The minimum atomic E-state index is 0.362. The average molecular weight is 274 g/mol. The van der Waals surface area contributed by atoms with E-state index in [4.69, 9.17) is 4.74 Å². The summed E-state index contributed by atoms with van der Waals surface area (Å²) in [6.45, 7) is 0.954. The molecule has 0 aliphatic heterocycles. The minimum Gasteiger partial charge on any atom is -0.497 e. The fourth-order valence-electron chi connectivity index (χ4n) is 2.69. The molecule has 2 rings (SSSR count). The molecule has 0 saturated heterocycles. The van der Waals surface area contributed by atoms with Crippen LogP contribution in [0.25, 0.3) is 0 Å². The molecule has 2 unspecified atom stereocenters. The number of rotatable bonds is 6. The normalized spacial score (nSPS) is 20.1. The largest absolute Gasteiger partial charge is 0.497 e. The number of allylic oxidation sites excluding steroid dienone is 1. The van der Waals surface area contributed by atoms with Crippen LogP contribution in [0.15, 0.2) is 36.4 Å². The highest BCUT2D eigenvalue weighted by Crippen LogP contribution is 2.22. The molecule has 20 heavy (non-hydrogen) atoms. The molecule has 1 aliphatic rings. The Morgan fingerprint density at radius 2 is 2.25 bits per heavy atom. The third kappa shape index (κ3) is 4.09. The summed E-state index contributed by atoms with van der Waals surface area (Å²) in [6, 6.07) is 9.24. The van der Waals surface area contributed by atoms with Crippen molar-refractivity contribution in [3.8, 4) is 5.75 Å². The third-order valence-corrected chi connectivity index (χ3v) is 3.93. The van der Waals surface area contributed by atoms with Crippen molar-refractivity contribution < 1.29 is 4.74 Å². The van der Waals surface area contributed by atoms with Gasteiger partial charge in [0.05, 0.1) is 7.11 Å². The van der Waals surface area contributed by atoms with E-state index < -0.39 is 0 Å². The predicted molar refractivity (Wildman–Crippen MR) is 84.2 cm³/mol. The molecule has 0 amide bonds. The third-order valence-electron chi connectivity index (χ3n) is 3.93. The van der Waals surface area contributed by atoms with Gasteiger partial charge in [-0.25, -0.2) is 0 Å². The molecule has 0 saturated carbocycles. The van der Waals surface area contributed by atoms with Crippen LogP contribution in [0.5, 0.6) is 5.75 Å². The van der Waals surface area contributed by atoms with E-state index in [2.05, 4.69) is 54.7 Å². The summed E-state index contributed by atoms with van der Waals surface area (Å²) in [5.41, 5.74) is 1.29. The monoisotopic (exact) mass is 274 g/mol. The standard InChI is InChI=1S/C17H26N2O/c1-19(2)17(13-18-15-9-5-4-6-10-15)14-8-7-11-16(12-14)20-3/h5,7-9,11-12,15,17-18H,4,6,10,13H2,1-3H3. The first-order valence-electron chi connectivity index (χ1n) is 7.41. The summed E-state index contributed by atoms with van der Waals surface area (Å²) in [5, 5.41) is 3.67. The van der Waals surface area contributed by atoms with Crippen molar-refractivity contribution in [3.05, 3.63) is 42.0 Å². The first-order chi connectivity index (χ1) is 9.70. The van der Waals surface area contributed by atoms with E-state index in [1.807, 2.05) is 6.07 Å². The number of nitrogens with zero attached hydrogens (tertiary/aromatic N) is 1. The summed E-state index contributed by atoms with van der Waals surface area (Å²) >= 11 is 0. The highest BCUT2D eigenvalue weighted by atomic mass is 16.5. The maximum Gasteiger partial charge on any atom is 0.119 e. The van der Waals surface area contributed by atoms with Crippen molar-refractivity contribution in [1.29, 1.82) is 0 Å². The molecule has 0 heterocycles. The van der Waals surface area contributed by atoms with Crippen molar-refractivity contribution in [2.24, 2.45) is 0 Å². The van der Waals surface area contributed by atoms with Gasteiger partial charge < -0.3 is 15.0 Å². The second kappa shape index (κ2) is 7.46. The fraction of sp³-hybridized carbons (Fsp3) is 0.529. The lowest BCUT2D eigenvalue weighted by Gasteiger charge is -2.28. The quantitative estimate of drug-likeness (QED) is 0.807. The summed E-state index contributed by atoms with van der Waals surface area (Å²) in [6.07, 6.45) is 8.36. The molecule has 1 aromatic rings. The molecule has 2 atom stereocenters. The molecule has 110 valence electrons. The van der Waals surface area contributed by atoms with Gasteiger partial charge in [-0.1, -0.05) is 24.3 Å². The second-order valence-corrected chi connectivity index (χ2v) is 5.63. The van der Waals surface area contributed by atoms with Crippen LogP contribution in [-0.4, -0.2) is 38.7 Å². The van der Waals surface area contributed by atoms with Crippen LogP contribution in [0.1, 0.15) is 30.9 Å². The Morgan fingerprint density at radius 3 is 2.90 bits per heavy atom. The van der Waals surface area contributed by atoms with Gasteiger partial charge in [0.2, 0.25) is 0 Å². The van der Waals surface area contributed by atoms with Crippen molar-refractivity contribution in [2.45, 2.75) is 31.3 Å². The smallest absolute Gasteiger partial charge is 0.119 e. The van der Waals surface area contributed by atoms with Crippen LogP contribution >= 0.6 is 0 Å². The van der Waals surface area contributed by atoms with Crippen molar-refractivity contribution in [2.75, 3.05) is 27.7 Å². The van der Waals surface area contributed by atoms with Gasteiger partial charge in [-0.15, -0.1) is 0 Å². The molecule has 0 aromatic heterocycles. The average Bonchev–Trinajstić information content (AvgIpc) is 2.48. The molecule has 3 heteroatoms. The maximum absolute atomic E-state index is 5.33. The van der Waals surface area contributed by atoms with Gasteiger partial charge in [0.15, 0.2) is 0 Å². The first-order valence-corrected chi connectivity index (χ1v) is 7.41. The van der Waals surface area contributed by atoms with Crippen LogP contribution < -0.4 is 10.1 Å². The number of benzene rings is 1. The first kappa shape index (κ1) is 15.1. The van der Waals surface area contributed by atoms with Crippen LogP contribution in [-0.2, 0) is 0 Å². The van der Waals surface area contributed by atoms with Crippen molar-refractivity contribution in [3.63, 3.8) is 0 Å².